The molecule has 0 bridgehead atoms. The smallest absolute Gasteiger partial charge is 0.407 e. The third-order valence-electron chi connectivity index (χ3n) is 6.27. The average molecular weight is 325 g/mol. The second kappa shape index (κ2) is 6.27. The third kappa shape index (κ3) is 2.97. The van der Waals surface area contributed by atoms with Crippen molar-refractivity contribution in [1.29, 1.82) is 0 Å². The zero-order chi connectivity index (χ0) is 16.6. The van der Waals surface area contributed by atoms with E-state index in [2.05, 4.69) is 30.1 Å². The van der Waals surface area contributed by atoms with Crippen LogP contribution >= 0.6 is 0 Å². The first-order chi connectivity index (χ1) is 11.7. The molecule has 3 heteroatoms. The van der Waals surface area contributed by atoms with Gasteiger partial charge in [-0.05, 0) is 79.9 Å². The van der Waals surface area contributed by atoms with Crippen LogP contribution in [0.3, 0.4) is 0 Å². The Hall–Kier alpha value is -1.77. The maximum absolute atomic E-state index is 11.4. The molecule has 0 aromatic heterocycles. The first kappa shape index (κ1) is 15.7. The van der Waals surface area contributed by atoms with Gasteiger partial charge in [0.2, 0.25) is 0 Å². The van der Waals surface area contributed by atoms with Crippen molar-refractivity contribution in [3.05, 3.63) is 47.5 Å². The van der Waals surface area contributed by atoms with Crippen molar-refractivity contribution >= 4 is 6.09 Å². The fourth-order valence-electron chi connectivity index (χ4n) is 4.85. The van der Waals surface area contributed by atoms with Gasteiger partial charge in [-0.1, -0.05) is 24.3 Å². The molecule has 1 saturated heterocycles. The van der Waals surface area contributed by atoms with Crippen LogP contribution in [0.4, 0.5) is 4.79 Å². The van der Waals surface area contributed by atoms with E-state index in [-0.39, 0.29) is 11.6 Å². The van der Waals surface area contributed by atoms with Gasteiger partial charge in [0, 0.05) is 0 Å². The molecule has 2 fully saturated rings. The Morgan fingerprint density at radius 2 is 2.25 bits per heavy atom. The maximum Gasteiger partial charge on any atom is 0.407 e. The van der Waals surface area contributed by atoms with E-state index in [1.165, 1.54) is 31.2 Å². The topological polar surface area (TPSA) is 38.3 Å². The zero-order valence-electron chi connectivity index (χ0n) is 14.4. The number of benzene rings is 1. The molecule has 1 amide bonds. The Morgan fingerprint density at radius 1 is 1.33 bits per heavy atom. The number of nitrogens with one attached hydrogen (secondary N) is 1. The highest BCUT2D eigenvalue weighted by Crippen LogP contribution is 2.43. The molecule has 3 nitrogen and oxygen atoms in total. The summed E-state index contributed by atoms with van der Waals surface area (Å²) in [6, 6.07) is 7.13. The lowest BCUT2D eigenvalue weighted by atomic mass is 9.80. The van der Waals surface area contributed by atoms with Crippen LogP contribution in [0.25, 0.3) is 0 Å². The van der Waals surface area contributed by atoms with E-state index in [1.54, 1.807) is 11.1 Å². The number of carbonyl (C=O) groups excluding carboxylic acids is 1. The van der Waals surface area contributed by atoms with Gasteiger partial charge in [-0.15, -0.1) is 6.58 Å². The molecule has 2 aliphatic carbocycles. The van der Waals surface area contributed by atoms with Crippen LogP contribution in [-0.2, 0) is 17.6 Å². The quantitative estimate of drug-likeness (QED) is 0.828. The Kier molecular flexibility index (Phi) is 4.11. The molecule has 0 radical (unpaired) electrons. The molecule has 24 heavy (non-hydrogen) atoms. The lowest BCUT2D eigenvalue weighted by molar-refractivity contribution is 0.172. The van der Waals surface area contributed by atoms with E-state index in [9.17, 15) is 4.79 Å². The third-order valence-corrected chi connectivity index (χ3v) is 6.27. The van der Waals surface area contributed by atoms with Crippen LogP contribution < -0.4 is 5.32 Å². The summed E-state index contributed by atoms with van der Waals surface area (Å²) in [6.45, 7) is 4.38. The standard InChI is InChI=1S/C21H27NO2/c1-2-3-4-15-5-6-17-12-18(8-7-16(17)11-15)19-9-10-21(13-19)14-24-20(23)22-21/h2,7-8,12,15,19H,1,3-6,9-11,13-14H2,(H,22,23)/t15-,19-,21-/m1/s1. The normalized spacial score (nSPS) is 31.6. The lowest BCUT2D eigenvalue weighted by Gasteiger charge is -2.26. The van der Waals surface area contributed by atoms with Crippen LogP contribution in [-0.4, -0.2) is 18.2 Å². The van der Waals surface area contributed by atoms with Crippen LogP contribution in [0.15, 0.2) is 30.9 Å². The number of rotatable bonds is 4. The minimum absolute atomic E-state index is 0.104. The molecule has 1 aliphatic heterocycles. The number of aryl methyl sites for hydroxylation is 1. The number of carbonyl (C=O) groups is 1. The first-order valence-electron chi connectivity index (χ1n) is 9.35. The number of ether oxygens (including phenoxy) is 1. The van der Waals surface area contributed by atoms with E-state index in [4.69, 9.17) is 4.74 Å². The number of alkyl carbamates (subject to hydrolysis) is 1. The zero-order valence-corrected chi connectivity index (χ0v) is 14.4. The van der Waals surface area contributed by atoms with Gasteiger partial charge in [0.25, 0.3) is 0 Å². The minimum Gasteiger partial charge on any atom is -0.447 e. The number of cyclic esters (lactones) is 1. The summed E-state index contributed by atoms with van der Waals surface area (Å²) in [5.74, 6) is 1.37. The summed E-state index contributed by atoms with van der Waals surface area (Å²) >= 11 is 0. The SMILES string of the molecule is C=CCC[C@@H]1CCc2cc([C@@H]3CC[C@]4(COC(=O)N4)C3)ccc2C1. The van der Waals surface area contributed by atoms with Crippen molar-refractivity contribution < 1.29 is 9.53 Å². The fourth-order valence-corrected chi connectivity index (χ4v) is 4.85. The van der Waals surface area contributed by atoms with Gasteiger partial charge in [0.1, 0.15) is 6.61 Å². The van der Waals surface area contributed by atoms with Crippen LogP contribution in [0, 0.1) is 5.92 Å². The van der Waals surface area contributed by atoms with Gasteiger partial charge < -0.3 is 10.1 Å². The molecule has 0 unspecified atom stereocenters. The van der Waals surface area contributed by atoms with Crippen molar-refractivity contribution in [2.24, 2.45) is 5.92 Å². The van der Waals surface area contributed by atoms with E-state index >= 15 is 0 Å². The highest BCUT2D eigenvalue weighted by Gasteiger charge is 2.46. The summed E-state index contributed by atoms with van der Waals surface area (Å²) in [7, 11) is 0. The molecule has 1 spiro atoms. The number of hydrogen-bond acceptors (Lipinski definition) is 2. The van der Waals surface area contributed by atoms with Crippen LogP contribution in [0.1, 0.15) is 61.1 Å². The summed E-state index contributed by atoms with van der Waals surface area (Å²) in [5.41, 5.74) is 4.45. The number of amides is 1. The Morgan fingerprint density at radius 3 is 3.04 bits per heavy atom. The second-order valence-corrected chi connectivity index (χ2v) is 7.92. The maximum atomic E-state index is 11.4. The van der Waals surface area contributed by atoms with Gasteiger partial charge in [-0.25, -0.2) is 4.79 Å². The molecule has 3 atom stereocenters. The number of fused-ring (bicyclic) bond motifs is 1. The molecule has 4 rings (SSSR count). The predicted molar refractivity (Wildman–Crippen MR) is 95.2 cm³/mol. The lowest BCUT2D eigenvalue weighted by Crippen LogP contribution is -2.40. The first-order valence-corrected chi connectivity index (χ1v) is 9.35. The van der Waals surface area contributed by atoms with Crippen molar-refractivity contribution in [3.8, 4) is 0 Å². The van der Waals surface area contributed by atoms with Crippen molar-refractivity contribution in [3.63, 3.8) is 0 Å². The molecule has 3 aliphatic rings. The number of allylic oxidation sites excluding steroid dienone is 1. The Bertz CT molecular complexity index is 653. The Balaban J connectivity index is 1.45. The van der Waals surface area contributed by atoms with E-state index in [0.29, 0.717) is 12.5 Å². The monoisotopic (exact) mass is 325 g/mol. The van der Waals surface area contributed by atoms with Gasteiger partial charge in [-0.3, -0.25) is 0 Å². The van der Waals surface area contributed by atoms with Gasteiger partial charge >= 0.3 is 6.09 Å². The van der Waals surface area contributed by atoms with E-state index in [0.717, 1.165) is 31.6 Å². The van der Waals surface area contributed by atoms with E-state index < -0.39 is 0 Å². The van der Waals surface area contributed by atoms with Gasteiger partial charge in [0.15, 0.2) is 0 Å². The fraction of sp³-hybridized carbons (Fsp3) is 0.571. The predicted octanol–water partition coefficient (Wildman–Crippen LogP) is 4.50. The van der Waals surface area contributed by atoms with Crippen LogP contribution in [0.5, 0.6) is 0 Å². The van der Waals surface area contributed by atoms with Crippen molar-refractivity contribution in [2.45, 2.75) is 62.8 Å². The molecule has 1 aromatic carbocycles. The summed E-state index contributed by atoms with van der Waals surface area (Å²) in [5, 5.41) is 3.05. The summed E-state index contributed by atoms with van der Waals surface area (Å²) in [4.78, 5) is 11.4. The van der Waals surface area contributed by atoms with Gasteiger partial charge in [-0.2, -0.15) is 0 Å². The average Bonchev–Trinajstić information content (AvgIpc) is 3.18. The molecular formula is C21H27NO2. The summed E-state index contributed by atoms with van der Waals surface area (Å²) in [6.07, 6.45) is 11.1. The highest BCUT2D eigenvalue weighted by atomic mass is 16.6. The second-order valence-electron chi connectivity index (χ2n) is 7.92. The minimum atomic E-state index is -0.244. The van der Waals surface area contributed by atoms with Gasteiger partial charge in [0.05, 0.1) is 5.54 Å². The number of hydrogen-bond donors (Lipinski definition) is 1. The molecule has 128 valence electrons. The largest absolute Gasteiger partial charge is 0.447 e. The molecule has 1 aromatic rings. The molecule has 1 heterocycles. The summed E-state index contributed by atoms with van der Waals surface area (Å²) < 4.78 is 5.15. The van der Waals surface area contributed by atoms with Crippen LogP contribution in [0.2, 0.25) is 0 Å². The molecule has 1 N–H and O–H groups in total. The molecular weight excluding hydrogens is 298 g/mol. The van der Waals surface area contributed by atoms with Crippen molar-refractivity contribution in [2.75, 3.05) is 6.61 Å². The Labute approximate surface area is 144 Å². The molecule has 1 saturated carbocycles. The van der Waals surface area contributed by atoms with E-state index in [1.807, 2.05) is 6.08 Å². The van der Waals surface area contributed by atoms with Crippen molar-refractivity contribution in [1.82, 2.24) is 5.32 Å². The highest BCUT2D eigenvalue weighted by molar-refractivity contribution is 5.70.